The highest BCUT2D eigenvalue weighted by Gasteiger charge is 2.50. The number of ether oxygens (including phenoxy) is 1. The Morgan fingerprint density at radius 3 is 2.22 bits per heavy atom. The average molecular weight is 1050 g/mol. The molecule has 2 amide bonds. The number of aromatic nitrogens is 4. The van der Waals surface area contributed by atoms with Crippen LogP contribution in [0.1, 0.15) is 84.8 Å². The number of nitrogens with one attached hydrogen (secondary N) is 2. The van der Waals surface area contributed by atoms with Gasteiger partial charge in [-0.15, -0.1) is 0 Å². The normalized spacial score (nSPS) is 20.4. The lowest BCUT2D eigenvalue weighted by molar-refractivity contribution is -0.137. The first-order valence-corrected chi connectivity index (χ1v) is 27.5. The van der Waals surface area contributed by atoms with Crippen LogP contribution in [-0.4, -0.2) is 123 Å². The third kappa shape index (κ3) is 22.5. The van der Waals surface area contributed by atoms with Crippen molar-refractivity contribution in [1.29, 1.82) is 0 Å². The molecule has 1 aliphatic heterocycles. The summed E-state index contributed by atoms with van der Waals surface area (Å²) >= 11 is 1.00. The SMILES string of the molecule is CCCCCCCCCC=CC=CC=CC=CC=CC(=O)SCCNC(=O)CCNC(=O)[C@H](O)C(C)(C)COP(=O)(O)OP(=O)(O)OC[C@H]1O[C@@H](n2cnc3c(N)ncnc32)[C@H](O)[C@@H]1OP(=O)(O)O. The molecule has 7 atom stereocenters. The van der Waals surface area contributed by atoms with Gasteiger partial charge in [0.05, 0.1) is 19.5 Å². The van der Waals surface area contributed by atoms with Gasteiger partial charge in [-0.05, 0) is 18.9 Å². The van der Waals surface area contributed by atoms with Gasteiger partial charge in [0.1, 0.15) is 36.3 Å². The van der Waals surface area contributed by atoms with Gasteiger partial charge in [0, 0.05) is 30.7 Å². The second-order valence-corrected chi connectivity index (χ2v) is 21.4. The van der Waals surface area contributed by atoms with Crippen molar-refractivity contribution in [3.63, 3.8) is 0 Å². The van der Waals surface area contributed by atoms with E-state index in [-0.39, 0.29) is 47.4 Å². The van der Waals surface area contributed by atoms with E-state index in [1.165, 1.54) is 64.9 Å². The van der Waals surface area contributed by atoms with E-state index in [4.69, 9.17) is 19.5 Å². The van der Waals surface area contributed by atoms with Crippen LogP contribution in [0, 0.1) is 5.41 Å². The first kappa shape index (κ1) is 59.6. The van der Waals surface area contributed by atoms with Crippen molar-refractivity contribution in [2.24, 2.45) is 5.41 Å². The van der Waals surface area contributed by atoms with E-state index in [9.17, 15) is 57.9 Å². The third-order valence-electron chi connectivity index (χ3n) is 9.87. The highest BCUT2D eigenvalue weighted by Crippen LogP contribution is 2.61. The molecule has 0 bridgehead atoms. The molecule has 0 aliphatic carbocycles. The van der Waals surface area contributed by atoms with E-state index < -0.39 is 84.6 Å². The minimum Gasteiger partial charge on any atom is -0.386 e. The molecule has 3 rings (SSSR count). The molecule has 24 nitrogen and oxygen atoms in total. The molecule has 28 heteroatoms. The first-order valence-electron chi connectivity index (χ1n) is 21.9. The van der Waals surface area contributed by atoms with Crippen LogP contribution in [-0.2, 0) is 50.7 Å². The number of rotatable bonds is 32. The fourth-order valence-electron chi connectivity index (χ4n) is 6.24. The molecule has 3 heterocycles. The van der Waals surface area contributed by atoms with Crippen LogP contribution in [0.25, 0.3) is 11.2 Å². The molecule has 0 aromatic carbocycles. The molecular weight excluding hydrogens is 987 g/mol. The van der Waals surface area contributed by atoms with Crippen LogP contribution in [0.5, 0.6) is 0 Å². The predicted molar refractivity (Wildman–Crippen MR) is 255 cm³/mol. The maximum Gasteiger partial charge on any atom is 0.481 e. The lowest BCUT2D eigenvalue weighted by atomic mass is 9.87. The quantitative estimate of drug-likeness (QED) is 0.0209. The standard InChI is InChI=1S/C41H64N7O17P3S/c1-4-5-6-7-8-9-10-11-12-13-14-15-16-17-18-19-20-21-32(50)69-25-24-43-31(49)22-23-44-39(53)36(52)41(2,3)27-62-68(59,60)65-67(57,58)61-26-30-35(64-66(54,55)56)34(51)40(63-30)48-29-47-33-37(42)45-28-46-38(33)48/h12-21,28-30,34-36,40,51-52H,4-11,22-27H2,1-3H3,(H,43,49)(H,44,53)(H,57,58)(H,59,60)(H2,42,45,46)(H2,54,55,56)/t30-,34-,35-,36+,40-/m1/s1. The Morgan fingerprint density at radius 1 is 0.899 bits per heavy atom. The maximum atomic E-state index is 12.7. The number of aliphatic hydroxyl groups is 2. The molecule has 386 valence electrons. The van der Waals surface area contributed by atoms with Gasteiger partial charge in [-0.2, -0.15) is 4.31 Å². The van der Waals surface area contributed by atoms with E-state index in [1.54, 1.807) is 18.2 Å². The van der Waals surface area contributed by atoms with Crippen molar-refractivity contribution in [2.75, 3.05) is 37.8 Å². The molecule has 0 spiro atoms. The number of hydrogen-bond donors (Lipinski definition) is 9. The Bertz CT molecular complexity index is 2270. The van der Waals surface area contributed by atoms with E-state index in [2.05, 4.69) is 47.4 Å². The fraction of sp³-hybridized carbons (Fsp3) is 0.561. The predicted octanol–water partition coefficient (Wildman–Crippen LogP) is 4.59. The molecular formula is C41H64N7O17P3S. The van der Waals surface area contributed by atoms with Gasteiger partial charge in [-0.3, -0.25) is 32.5 Å². The number of phosphoric ester groups is 3. The van der Waals surface area contributed by atoms with Gasteiger partial charge in [0.2, 0.25) is 16.9 Å². The minimum atomic E-state index is -5.58. The summed E-state index contributed by atoms with van der Waals surface area (Å²) in [5, 5.41) is 26.3. The summed E-state index contributed by atoms with van der Waals surface area (Å²) in [5.74, 6) is -1.19. The van der Waals surface area contributed by atoms with Crippen molar-refractivity contribution in [1.82, 2.24) is 30.2 Å². The van der Waals surface area contributed by atoms with Gasteiger partial charge in [0.25, 0.3) is 0 Å². The number of unbranched alkanes of at least 4 members (excludes halogenated alkanes) is 7. The van der Waals surface area contributed by atoms with Crippen LogP contribution in [0.4, 0.5) is 5.82 Å². The lowest BCUT2D eigenvalue weighted by Crippen LogP contribution is -2.46. The molecule has 1 saturated heterocycles. The Morgan fingerprint density at radius 2 is 1.54 bits per heavy atom. The zero-order valence-electron chi connectivity index (χ0n) is 38.5. The van der Waals surface area contributed by atoms with E-state index in [1.807, 2.05) is 30.4 Å². The van der Waals surface area contributed by atoms with E-state index >= 15 is 0 Å². The van der Waals surface area contributed by atoms with Crippen LogP contribution in [0.3, 0.4) is 0 Å². The number of carbonyl (C=O) groups excluding carboxylic acids is 3. The van der Waals surface area contributed by atoms with Gasteiger partial charge in [-0.25, -0.2) is 28.6 Å². The monoisotopic (exact) mass is 1050 g/mol. The third-order valence-corrected chi connectivity index (χ3v) is 13.8. The van der Waals surface area contributed by atoms with Crippen molar-refractivity contribution in [3.05, 3.63) is 73.4 Å². The van der Waals surface area contributed by atoms with Crippen molar-refractivity contribution < 1.29 is 80.5 Å². The molecule has 2 aromatic rings. The van der Waals surface area contributed by atoms with Gasteiger partial charge in [0.15, 0.2) is 17.7 Å². The maximum absolute atomic E-state index is 12.7. The van der Waals surface area contributed by atoms with E-state index in [0.29, 0.717) is 0 Å². The number of nitrogen functional groups attached to an aromatic ring is 1. The van der Waals surface area contributed by atoms with Gasteiger partial charge < -0.3 is 50.9 Å². The zero-order valence-corrected chi connectivity index (χ0v) is 42.0. The molecule has 69 heavy (non-hydrogen) atoms. The van der Waals surface area contributed by atoms with Gasteiger partial charge in [-0.1, -0.05) is 126 Å². The zero-order chi connectivity index (χ0) is 51.1. The number of anilines is 1. The molecule has 0 saturated carbocycles. The smallest absolute Gasteiger partial charge is 0.386 e. The topological polar surface area (TPSA) is 364 Å². The molecule has 1 aliphatic rings. The van der Waals surface area contributed by atoms with Gasteiger partial charge >= 0.3 is 23.5 Å². The lowest BCUT2D eigenvalue weighted by Gasteiger charge is -2.30. The number of aliphatic hydroxyl groups excluding tert-OH is 2. The van der Waals surface area contributed by atoms with Crippen LogP contribution in [0.15, 0.2) is 73.4 Å². The van der Waals surface area contributed by atoms with Crippen LogP contribution < -0.4 is 16.4 Å². The number of nitrogens with zero attached hydrogens (tertiary/aromatic N) is 4. The Labute approximate surface area is 404 Å². The van der Waals surface area contributed by atoms with Crippen molar-refractivity contribution in [2.45, 2.75) is 109 Å². The van der Waals surface area contributed by atoms with E-state index in [0.717, 1.165) is 35.4 Å². The largest absolute Gasteiger partial charge is 0.481 e. The Hall–Kier alpha value is -3.74. The summed E-state index contributed by atoms with van der Waals surface area (Å²) in [6, 6.07) is 0. The highest BCUT2D eigenvalue weighted by molar-refractivity contribution is 8.14. The second kappa shape index (κ2) is 29.6. The second-order valence-electron chi connectivity index (χ2n) is 16.1. The number of allylic oxidation sites excluding steroid dienone is 9. The number of imidazole rings is 1. The first-order chi connectivity index (χ1) is 32.6. The summed E-state index contributed by atoms with van der Waals surface area (Å²) in [5.41, 5.74) is 4.26. The Balaban J connectivity index is 1.33. The fourth-order valence-corrected chi connectivity index (χ4v) is 9.65. The molecule has 0 radical (unpaired) electrons. The van der Waals surface area contributed by atoms with Crippen LogP contribution in [0.2, 0.25) is 0 Å². The van der Waals surface area contributed by atoms with Crippen molar-refractivity contribution in [3.8, 4) is 0 Å². The summed E-state index contributed by atoms with van der Waals surface area (Å²) in [4.78, 5) is 88.2. The number of carbonyl (C=O) groups is 3. The highest BCUT2D eigenvalue weighted by atomic mass is 32.2. The number of amides is 2. The summed E-state index contributed by atoms with van der Waals surface area (Å²) in [7, 11) is -16.4. The summed E-state index contributed by atoms with van der Waals surface area (Å²) in [6.07, 6.45) is 21.5. The number of hydrogen-bond acceptors (Lipinski definition) is 18. The van der Waals surface area contributed by atoms with Crippen molar-refractivity contribution >= 4 is 69.1 Å². The number of thioether (sulfide) groups is 1. The number of nitrogens with two attached hydrogens (primary N) is 1. The average Bonchev–Trinajstić information content (AvgIpc) is 3.84. The minimum absolute atomic E-state index is 0.0283. The number of fused-ring (bicyclic) bond motifs is 1. The van der Waals surface area contributed by atoms with Crippen LogP contribution >= 0.6 is 35.2 Å². The summed E-state index contributed by atoms with van der Waals surface area (Å²) < 4.78 is 62.4. The Kier molecular flexibility index (Phi) is 25.5. The summed E-state index contributed by atoms with van der Waals surface area (Å²) in [6.45, 7) is 2.65. The molecule has 1 fully saturated rings. The molecule has 10 N–H and O–H groups in total. The molecule has 2 unspecified atom stereocenters. The molecule has 2 aromatic heterocycles. The number of phosphoric acid groups is 3.